The topological polar surface area (TPSA) is 75.9 Å². The highest BCUT2D eigenvalue weighted by atomic mass is 35.5. The van der Waals surface area contributed by atoms with Crippen molar-refractivity contribution in [3.63, 3.8) is 0 Å². The molecule has 17 heavy (non-hydrogen) atoms. The van der Waals surface area contributed by atoms with Gasteiger partial charge in [-0.25, -0.2) is 10.8 Å². The lowest BCUT2D eigenvalue weighted by Gasteiger charge is -2.09. The fraction of sp³-hybridized carbons (Fsp3) is 0.0909. The number of benzene rings is 1. The van der Waals surface area contributed by atoms with E-state index in [2.05, 4.69) is 20.7 Å². The Balaban J connectivity index is 2.30. The summed E-state index contributed by atoms with van der Waals surface area (Å²) in [6.07, 6.45) is 0. The summed E-state index contributed by atoms with van der Waals surface area (Å²) >= 11 is 6.04. The van der Waals surface area contributed by atoms with Gasteiger partial charge in [-0.1, -0.05) is 23.7 Å². The van der Waals surface area contributed by atoms with Crippen LogP contribution in [0.2, 0.25) is 5.02 Å². The number of nitrogens with zero attached hydrogens (tertiary/aromatic N) is 2. The fourth-order valence-corrected chi connectivity index (χ4v) is 1.58. The third-order valence-corrected chi connectivity index (χ3v) is 2.45. The molecule has 0 fully saturated rings. The largest absolute Gasteiger partial charge is 0.339 e. The zero-order valence-electron chi connectivity index (χ0n) is 9.24. The second kappa shape index (κ2) is 4.99. The fourth-order valence-electron chi connectivity index (χ4n) is 1.40. The molecule has 6 heteroatoms. The lowest BCUT2D eigenvalue weighted by molar-refractivity contribution is 1.07. The van der Waals surface area contributed by atoms with Crippen LogP contribution in [0.5, 0.6) is 0 Å². The van der Waals surface area contributed by atoms with Crippen LogP contribution in [-0.2, 0) is 0 Å². The van der Waals surface area contributed by atoms with Crippen LogP contribution in [0.25, 0.3) is 0 Å². The standard InChI is InChI=1S/C11H12ClN5/c1-7-6-10(16-11(14-7)17-13)15-9-5-3-2-4-8(9)12/h2-6H,13H2,1H3,(H2,14,15,16,17). The van der Waals surface area contributed by atoms with Crippen LogP contribution in [0.1, 0.15) is 5.69 Å². The lowest BCUT2D eigenvalue weighted by Crippen LogP contribution is -2.11. The minimum atomic E-state index is 0.361. The van der Waals surface area contributed by atoms with Crippen molar-refractivity contribution in [3.8, 4) is 0 Å². The molecule has 0 radical (unpaired) electrons. The van der Waals surface area contributed by atoms with Crippen molar-refractivity contribution in [2.45, 2.75) is 6.92 Å². The van der Waals surface area contributed by atoms with Crippen molar-refractivity contribution in [1.82, 2.24) is 9.97 Å². The molecular weight excluding hydrogens is 238 g/mol. The number of hydrogen-bond acceptors (Lipinski definition) is 5. The van der Waals surface area contributed by atoms with Gasteiger partial charge in [0.15, 0.2) is 0 Å². The number of anilines is 3. The van der Waals surface area contributed by atoms with Crippen LogP contribution in [0.15, 0.2) is 30.3 Å². The maximum absolute atomic E-state index is 6.04. The van der Waals surface area contributed by atoms with Crippen molar-refractivity contribution in [3.05, 3.63) is 41.0 Å². The number of nitrogens with one attached hydrogen (secondary N) is 2. The summed E-state index contributed by atoms with van der Waals surface area (Å²) in [4.78, 5) is 8.27. The molecule has 2 rings (SSSR count). The van der Waals surface area contributed by atoms with Crippen LogP contribution in [0.3, 0.4) is 0 Å². The summed E-state index contributed by atoms with van der Waals surface area (Å²) < 4.78 is 0. The van der Waals surface area contributed by atoms with Gasteiger partial charge in [0.25, 0.3) is 0 Å². The summed E-state index contributed by atoms with van der Waals surface area (Å²) in [7, 11) is 0. The lowest BCUT2D eigenvalue weighted by atomic mass is 10.3. The smallest absolute Gasteiger partial charge is 0.239 e. The van der Waals surface area contributed by atoms with Gasteiger partial charge in [0.05, 0.1) is 10.7 Å². The van der Waals surface area contributed by atoms with Crippen LogP contribution in [0.4, 0.5) is 17.5 Å². The zero-order chi connectivity index (χ0) is 12.3. The van der Waals surface area contributed by atoms with Crippen LogP contribution >= 0.6 is 11.6 Å². The van der Waals surface area contributed by atoms with Gasteiger partial charge in [0.2, 0.25) is 5.95 Å². The zero-order valence-corrected chi connectivity index (χ0v) is 9.99. The SMILES string of the molecule is Cc1cc(Nc2ccccc2Cl)nc(NN)n1. The highest BCUT2D eigenvalue weighted by molar-refractivity contribution is 6.33. The molecule has 4 N–H and O–H groups in total. The van der Waals surface area contributed by atoms with Gasteiger partial charge in [-0.3, -0.25) is 5.43 Å². The van der Waals surface area contributed by atoms with E-state index >= 15 is 0 Å². The van der Waals surface area contributed by atoms with Crippen molar-refractivity contribution >= 4 is 29.1 Å². The molecule has 0 atom stereocenters. The highest BCUT2D eigenvalue weighted by Crippen LogP contribution is 2.24. The molecule has 88 valence electrons. The summed E-state index contributed by atoms with van der Waals surface area (Å²) in [5.41, 5.74) is 4.01. The van der Waals surface area contributed by atoms with E-state index in [1.54, 1.807) is 6.07 Å². The Hall–Kier alpha value is -1.85. The Kier molecular flexibility index (Phi) is 3.41. The molecule has 0 spiro atoms. The molecule has 2 aromatic rings. The van der Waals surface area contributed by atoms with Crippen LogP contribution < -0.4 is 16.6 Å². The van der Waals surface area contributed by atoms with E-state index in [1.807, 2.05) is 31.2 Å². The number of rotatable bonds is 3. The first-order chi connectivity index (χ1) is 8.19. The Labute approximate surface area is 104 Å². The van der Waals surface area contributed by atoms with Gasteiger partial charge in [0.1, 0.15) is 5.82 Å². The molecule has 0 saturated heterocycles. The van der Waals surface area contributed by atoms with Crippen molar-refractivity contribution in [1.29, 1.82) is 0 Å². The van der Waals surface area contributed by atoms with Gasteiger partial charge in [0, 0.05) is 11.8 Å². The summed E-state index contributed by atoms with van der Waals surface area (Å²) in [6.45, 7) is 1.86. The quantitative estimate of drug-likeness (QED) is 0.576. The maximum Gasteiger partial charge on any atom is 0.239 e. The van der Waals surface area contributed by atoms with E-state index in [-0.39, 0.29) is 0 Å². The number of nitrogens with two attached hydrogens (primary N) is 1. The molecule has 1 aromatic carbocycles. The molecular formula is C11H12ClN5. The van der Waals surface area contributed by atoms with Crippen molar-refractivity contribution in [2.24, 2.45) is 5.84 Å². The van der Waals surface area contributed by atoms with E-state index in [4.69, 9.17) is 17.4 Å². The number of hydrogen-bond donors (Lipinski definition) is 3. The van der Waals surface area contributed by atoms with Crippen molar-refractivity contribution in [2.75, 3.05) is 10.7 Å². The summed E-state index contributed by atoms with van der Waals surface area (Å²) in [5, 5.41) is 3.74. The van der Waals surface area contributed by atoms with E-state index in [9.17, 15) is 0 Å². The Morgan fingerprint density at radius 1 is 1.24 bits per heavy atom. The third-order valence-electron chi connectivity index (χ3n) is 2.12. The monoisotopic (exact) mass is 249 g/mol. The predicted octanol–water partition coefficient (Wildman–Crippen LogP) is 2.47. The molecule has 0 aliphatic carbocycles. The first kappa shape index (κ1) is 11.6. The number of aryl methyl sites for hydroxylation is 1. The summed E-state index contributed by atoms with van der Waals surface area (Å²) in [6, 6.07) is 9.25. The molecule has 0 bridgehead atoms. The first-order valence-corrected chi connectivity index (χ1v) is 5.40. The predicted molar refractivity (Wildman–Crippen MR) is 69.3 cm³/mol. The average molecular weight is 250 g/mol. The molecule has 1 heterocycles. The van der Waals surface area contributed by atoms with Crippen LogP contribution in [0, 0.1) is 6.92 Å². The van der Waals surface area contributed by atoms with E-state index in [0.29, 0.717) is 16.8 Å². The maximum atomic E-state index is 6.04. The van der Waals surface area contributed by atoms with Gasteiger partial charge in [-0.2, -0.15) is 4.98 Å². The Bertz CT molecular complexity index is 529. The molecule has 0 aliphatic heterocycles. The number of halogens is 1. The molecule has 1 aromatic heterocycles. The molecule has 0 unspecified atom stereocenters. The number of para-hydroxylation sites is 1. The Morgan fingerprint density at radius 2 is 2.00 bits per heavy atom. The normalized spacial score (nSPS) is 10.1. The molecule has 0 amide bonds. The molecule has 5 nitrogen and oxygen atoms in total. The first-order valence-electron chi connectivity index (χ1n) is 5.03. The van der Waals surface area contributed by atoms with Crippen molar-refractivity contribution < 1.29 is 0 Å². The average Bonchev–Trinajstić information content (AvgIpc) is 2.31. The number of aromatic nitrogens is 2. The van der Waals surface area contributed by atoms with E-state index < -0.39 is 0 Å². The minimum absolute atomic E-state index is 0.361. The molecule has 0 aliphatic rings. The number of nitrogen functional groups attached to an aromatic ring is 1. The van der Waals surface area contributed by atoms with Gasteiger partial charge in [-0.15, -0.1) is 0 Å². The highest BCUT2D eigenvalue weighted by Gasteiger charge is 2.03. The minimum Gasteiger partial charge on any atom is -0.339 e. The van der Waals surface area contributed by atoms with E-state index in [1.165, 1.54) is 0 Å². The Morgan fingerprint density at radius 3 is 2.71 bits per heavy atom. The third kappa shape index (κ3) is 2.83. The van der Waals surface area contributed by atoms with Gasteiger partial charge in [-0.05, 0) is 19.1 Å². The summed E-state index contributed by atoms with van der Waals surface area (Å²) in [5.74, 6) is 6.28. The second-order valence-corrected chi connectivity index (χ2v) is 3.87. The van der Waals surface area contributed by atoms with E-state index in [0.717, 1.165) is 11.4 Å². The van der Waals surface area contributed by atoms with Crippen LogP contribution in [-0.4, -0.2) is 9.97 Å². The second-order valence-electron chi connectivity index (χ2n) is 3.47. The number of hydrazine groups is 1. The van der Waals surface area contributed by atoms with Gasteiger partial charge >= 0.3 is 0 Å². The molecule has 0 saturated carbocycles. The van der Waals surface area contributed by atoms with Gasteiger partial charge < -0.3 is 5.32 Å².